The number of rotatable bonds is 9. The van der Waals surface area contributed by atoms with Gasteiger partial charge in [-0.15, -0.1) is 11.3 Å². The number of aromatic nitrogens is 1. The van der Waals surface area contributed by atoms with Crippen LogP contribution in [0.25, 0.3) is 0 Å². The highest BCUT2D eigenvalue weighted by molar-refractivity contribution is 7.09. The largest absolute Gasteiger partial charge is 0.480 e. The highest BCUT2D eigenvalue weighted by atomic mass is 32.1. The number of aryl methyl sites for hydroxylation is 2. The lowest BCUT2D eigenvalue weighted by atomic mass is 10.1. The summed E-state index contributed by atoms with van der Waals surface area (Å²) in [5.41, 5.74) is 0.660. The number of carboxylic acid groups (broad SMARTS) is 1. The van der Waals surface area contributed by atoms with Crippen molar-refractivity contribution in [1.29, 1.82) is 0 Å². The maximum atomic E-state index is 11.9. The van der Waals surface area contributed by atoms with E-state index in [4.69, 9.17) is 4.74 Å². The summed E-state index contributed by atoms with van der Waals surface area (Å²) in [4.78, 5) is 27.4. The Morgan fingerprint density at radius 3 is 2.65 bits per heavy atom. The standard InChI is InChI=1S/C16H26N2O4S/c1-11-17-12(10-23-11)6-5-7-14(19)18-13(15(20)21)8-9-22-16(2,3)4/h10,13H,5-9H2,1-4H3,(H,18,19)(H,20,21). The molecule has 1 rings (SSSR count). The lowest BCUT2D eigenvalue weighted by Gasteiger charge is -2.21. The Morgan fingerprint density at radius 2 is 2.13 bits per heavy atom. The monoisotopic (exact) mass is 342 g/mol. The summed E-state index contributed by atoms with van der Waals surface area (Å²) in [5, 5.41) is 14.7. The van der Waals surface area contributed by atoms with Crippen LogP contribution < -0.4 is 5.32 Å². The zero-order valence-corrected chi connectivity index (χ0v) is 15.0. The van der Waals surface area contributed by atoms with Gasteiger partial charge < -0.3 is 15.2 Å². The van der Waals surface area contributed by atoms with Crippen LogP contribution in [-0.4, -0.2) is 40.2 Å². The van der Waals surface area contributed by atoms with Crippen LogP contribution >= 0.6 is 11.3 Å². The summed E-state index contributed by atoms with van der Waals surface area (Å²) < 4.78 is 5.51. The van der Waals surface area contributed by atoms with Crippen LogP contribution in [0.1, 0.15) is 50.7 Å². The number of hydrogen-bond donors (Lipinski definition) is 2. The van der Waals surface area contributed by atoms with E-state index in [-0.39, 0.29) is 17.9 Å². The third-order valence-corrected chi connectivity index (χ3v) is 3.90. The van der Waals surface area contributed by atoms with Crippen molar-refractivity contribution in [2.24, 2.45) is 0 Å². The smallest absolute Gasteiger partial charge is 0.326 e. The summed E-state index contributed by atoms with van der Waals surface area (Å²) >= 11 is 1.59. The number of nitrogens with one attached hydrogen (secondary N) is 1. The average molecular weight is 342 g/mol. The SMILES string of the molecule is Cc1nc(CCCC(=O)NC(CCOC(C)(C)C)C(=O)O)cs1. The van der Waals surface area contributed by atoms with Crippen molar-refractivity contribution in [3.63, 3.8) is 0 Å². The minimum Gasteiger partial charge on any atom is -0.480 e. The van der Waals surface area contributed by atoms with Crippen molar-refractivity contribution in [3.8, 4) is 0 Å². The minimum absolute atomic E-state index is 0.250. The lowest BCUT2D eigenvalue weighted by molar-refractivity contribution is -0.142. The summed E-state index contributed by atoms with van der Waals surface area (Å²) in [5.74, 6) is -1.29. The number of carbonyl (C=O) groups is 2. The van der Waals surface area contributed by atoms with Crippen LogP contribution in [0, 0.1) is 6.92 Å². The molecule has 130 valence electrons. The third kappa shape index (κ3) is 8.66. The molecule has 1 amide bonds. The number of hydrogen-bond acceptors (Lipinski definition) is 5. The molecule has 1 heterocycles. The fraction of sp³-hybridized carbons (Fsp3) is 0.688. The van der Waals surface area contributed by atoms with Gasteiger partial charge in [-0.05, 0) is 40.5 Å². The van der Waals surface area contributed by atoms with E-state index in [0.29, 0.717) is 19.4 Å². The van der Waals surface area contributed by atoms with E-state index in [1.807, 2.05) is 33.1 Å². The summed E-state index contributed by atoms with van der Waals surface area (Å²) in [6.07, 6.45) is 1.92. The molecule has 23 heavy (non-hydrogen) atoms. The molecule has 2 N–H and O–H groups in total. The van der Waals surface area contributed by atoms with E-state index >= 15 is 0 Å². The molecule has 1 aromatic heterocycles. The molecule has 0 aliphatic carbocycles. The number of nitrogens with zero attached hydrogens (tertiary/aromatic N) is 1. The molecule has 0 fully saturated rings. The van der Waals surface area contributed by atoms with E-state index in [2.05, 4.69) is 10.3 Å². The van der Waals surface area contributed by atoms with Gasteiger partial charge in [-0.25, -0.2) is 9.78 Å². The van der Waals surface area contributed by atoms with Crippen LogP contribution in [0.2, 0.25) is 0 Å². The van der Waals surface area contributed by atoms with E-state index in [0.717, 1.165) is 17.1 Å². The second-order valence-electron chi connectivity index (χ2n) is 6.42. The Balaban J connectivity index is 2.31. The van der Waals surface area contributed by atoms with Crippen molar-refractivity contribution in [1.82, 2.24) is 10.3 Å². The molecular formula is C16H26N2O4S. The van der Waals surface area contributed by atoms with Crippen LogP contribution in [-0.2, 0) is 20.7 Å². The highest BCUT2D eigenvalue weighted by Gasteiger charge is 2.21. The van der Waals surface area contributed by atoms with Crippen LogP contribution in [0.4, 0.5) is 0 Å². The first-order valence-corrected chi connectivity index (χ1v) is 8.62. The van der Waals surface area contributed by atoms with E-state index in [9.17, 15) is 14.7 Å². The van der Waals surface area contributed by atoms with Gasteiger partial charge >= 0.3 is 5.97 Å². The Labute approximate surface area is 141 Å². The van der Waals surface area contributed by atoms with Crippen LogP contribution in [0.5, 0.6) is 0 Å². The molecule has 0 saturated heterocycles. The van der Waals surface area contributed by atoms with Crippen LogP contribution in [0.15, 0.2) is 5.38 Å². The van der Waals surface area contributed by atoms with Gasteiger partial charge in [0.05, 0.1) is 16.3 Å². The summed E-state index contributed by atoms with van der Waals surface area (Å²) in [7, 11) is 0. The molecule has 1 aromatic rings. The van der Waals surface area contributed by atoms with Gasteiger partial charge in [-0.1, -0.05) is 0 Å². The predicted octanol–water partition coefficient (Wildman–Crippen LogP) is 2.55. The third-order valence-electron chi connectivity index (χ3n) is 3.08. The molecule has 0 spiro atoms. The first-order chi connectivity index (χ1) is 10.7. The van der Waals surface area contributed by atoms with Crippen molar-refractivity contribution < 1.29 is 19.4 Å². The molecule has 0 saturated carbocycles. The maximum absolute atomic E-state index is 11.9. The maximum Gasteiger partial charge on any atom is 0.326 e. The average Bonchev–Trinajstić information content (AvgIpc) is 2.81. The Bertz CT molecular complexity index is 522. The molecule has 0 aliphatic rings. The first kappa shape index (κ1) is 19.6. The van der Waals surface area contributed by atoms with Gasteiger partial charge in [0.1, 0.15) is 6.04 Å². The van der Waals surface area contributed by atoms with Crippen LogP contribution in [0.3, 0.4) is 0 Å². The number of carboxylic acids is 1. The van der Waals surface area contributed by atoms with Crippen molar-refractivity contribution in [2.75, 3.05) is 6.61 Å². The van der Waals surface area contributed by atoms with Crippen molar-refractivity contribution in [2.45, 2.75) is 65.0 Å². The van der Waals surface area contributed by atoms with Gasteiger partial charge in [0, 0.05) is 24.8 Å². The first-order valence-electron chi connectivity index (χ1n) is 7.74. The second kappa shape index (κ2) is 8.98. The number of thiazole rings is 1. The quantitative estimate of drug-likeness (QED) is 0.720. The van der Waals surface area contributed by atoms with Gasteiger partial charge in [-0.2, -0.15) is 0 Å². The Morgan fingerprint density at radius 1 is 1.43 bits per heavy atom. The van der Waals surface area contributed by atoms with Crippen molar-refractivity contribution >= 4 is 23.2 Å². The fourth-order valence-corrected chi connectivity index (χ4v) is 2.61. The zero-order valence-electron chi connectivity index (χ0n) is 14.2. The normalized spacial score (nSPS) is 12.9. The molecule has 0 aromatic carbocycles. The fourth-order valence-electron chi connectivity index (χ4n) is 1.96. The molecule has 1 unspecified atom stereocenters. The predicted molar refractivity (Wildman–Crippen MR) is 89.7 cm³/mol. The number of aliphatic carboxylic acids is 1. The van der Waals surface area contributed by atoms with E-state index in [1.54, 1.807) is 11.3 Å². The molecule has 6 nitrogen and oxygen atoms in total. The van der Waals surface area contributed by atoms with E-state index < -0.39 is 12.0 Å². The number of carbonyl (C=O) groups excluding carboxylic acids is 1. The molecular weight excluding hydrogens is 316 g/mol. The van der Waals surface area contributed by atoms with Gasteiger partial charge in [-0.3, -0.25) is 4.79 Å². The molecule has 1 atom stereocenters. The van der Waals surface area contributed by atoms with Gasteiger partial charge in [0.25, 0.3) is 0 Å². The number of amides is 1. The molecule has 0 radical (unpaired) electrons. The Hall–Kier alpha value is -1.47. The lowest BCUT2D eigenvalue weighted by Crippen LogP contribution is -2.42. The summed E-state index contributed by atoms with van der Waals surface area (Å²) in [6, 6.07) is -0.911. The minimum atomic E-state index is -1.04. The Kier molecular flexibility index (Phi) is 7.64. The highest BCUT2D eigenvalue weighted by Crippen LogP contribution is 2.11. The molecule has 7 heteroatoms. The molecule has 0 bridgehead atoms. The van der Waals surface area contributed by atoms with E-state index in [1.165, 1.54) is 0 Å². The topological polar surface area (TPSA) is 88.5 Å². The second-order valence-corrected chi connectivity index (χ2v) is 7.48. The van der Waals surface area contributed by atoms with Gasteiger partial charge in [0.2, 0.25) is 5.91 Å². The zero-order chi connectivity index (χ0) is 17.5. The number of ether oxygens (including phenoxy) is 1. The summed E-state index contributed by atoms with van der Waals surface area (Å²) in [6.45, 7) is 7.95. The van der Waals surface area contributed by atoms with Crippen molar-refractivity contribution in [3.05, 3.63) is 16.1 Å². The molecule has 0 aliphatic heterocycles. The van der Waals surface area contributed by atoms with Gasteiger partial charge in [0.15, 0.2) is 0 Å².